The molecule has 2 amide bonds. The van der Waals surface area contributed by atoms with E-state index in [-0.39, 0.29) is 18.0 Å². The molecule has 0 aromatic heterocycles. The molecule has 0 saturated carbocycles. The van der Waals surface area contributed by atoms with Gasteiger partial charge in [0.2, 0.25) is 5.91 Å². The highest BCUT2D eigenvalue weighted by Crippen LogP contribution is 2.20. The van der Waals surface area contributed by atoms with Gasteiger partial charge in [-0.3, -0.25) is 9.59 Å². The summed E-state index contributed by atoms with van der Waals surface area (Å²) in [5.74, 6) is -2.42. The number of hydrogen-bond acceptors (Lipinski definition) is 2. The van der Waals surface area contributed by atoms with Gasteiger partial charge in [-0.05, 0) is 29.8 Å². The number of hydrogen-bond donors (Lipinski definition) is 2. The summed E-state index contributed by atoms with van der Waals surface area (Å²) in [5.41, 5.74) is 1.09. The van der Waals surface area contributed by atoms with Crippen LogP contribution in [-0.4, -0.2) is 11.8 Å². The van der Waals surface area contributed by atoms with Gasteiger partial charge in [0, 0.05) is 11.6 Å². The van der Waals surface area contributed by atoms with Crippen LogP contribution in [0.2, 0.25) is 0 Å². The van der Waals surface area contributed by atoms with Gasteiger partial charge in [-0.25, -0.2) is 8.78 Å². The Kier molecular flexibility index (Phi) is 6.11. The molecule has 4 nitrogen and oxygen atoms in total. The van der Waals surface area contributed by atoms with Crippen LogP contribution in [0.1, 0.15) is 28.4 Å². The zero-order valence-electron chi connectivity index (χ0n) is 14.9. The van der Waals surface area contributed by atoms with E-state index in [1.54, 1.807) is 54.6 Å². The standard InChI is InChI=1S/C22H18F2N2O2/c23-17-11-12-19(18(24)13-17)25-21(27)14-20(15-7-3-1-4-8-15)26-22(28)16-9-5-2-6-10-16/h1-13,20H,14H2,(H,25,27)(H,26,28). The van der Waals surface area contributed by atoms with Crippen LogP contribution in [0.4, 0.5) is 14.5 Å². The van der Waals surface area contributed by atoms with Crippen LogP contribution in [0.15, 0.2) is 78.9 Å². The van der Waals surface area contributed by atoms with Gasteiger partial charge >= 0.3 is 0 Å². The third-order valence-electron chi connectivity index (χ3n) is 4.14. The van der Waals surface area contributed by atoms with Crippen molar-refractivity contribution in [1.29, 1.82) is 0 Å². The van der Waals surface area contributed by atoms with Crippen molar-refractivity contribution < 1.29 is 18.4 Å². The molecule has 3 aromatic rings. The molecule has 0 aliphatic carbocycles. The quantitative estimate of drug-likeness (QED) is 0.663. The minimum atomic E-state index is -0.863. The number of benzene rings is 3. The molecule has 0 spiro atoms. The first-order valence-electron chi connectivity index (χ1n) is 8.68. The highest BCUT2D eigenvalue weighted by molar-refractivity contribution is 5.95. The fourth-order valence-electron chi connectivity index (χ4n) is 2.75. The van der Waals surface area contributed by atoms with Gasteiger partial charge in [0.05, 0.1) is 18.2 Å². The molecule has 1 unspecified atom stereocenters. The predicted octanol–water partition coefficient (Wildman–Crippen LogP) is 4.46. The number of rotatable bonds is 6. The van der Waals surface area contributed by atoms with E-state index in [9.17, 15) is 18.4 Å². The molecule has 0 fully saturated rings. The van der Waals surface area contributed by atoms with E-state index in [0.717, 1.165) is 17.7 Å². The average Bonchev–Trinajstić information content (AvgIpc) is 2.71. The first kappa shape index (κ1) is 19.2. The lowest BCUT2D eigenvalue weighted by molar-refractivity contribution is -0.116. The third-order valence-corrected chi connectivity index (χ3v) is 4.14. The number of carbonyl (C=O) groups excluding carboxylic acids is 2. The molecular weight excluding hydrogens is 362 g/mol. The monoisotopic (exact) mass is 380 g/mol. The van der Waals surface area contributed by atoms with Crippen molar-refractivity contribution >= 4 is 17.5 Å². The van der Waals surface area contributed by atoms with Crippen molar-refractivity contribution in [2.45, 2.75) is 12.5 Å². The summed E-state index contributed by atoms with van der Waals surface area (Å²) in [6.07, 6.45) is -0.112. The highest BCUT2D eigenvalue weighted by Gasteiger charge is 2.20. The van der Waals surface area contributed by atoms with E-state index in [4.69, 9.17) is 0 Å². The number of anilines is 1. The lowest BCUT2D eigenvalue weighted by atomic mass is 10.0. The SMILES string of the molecule is O=C(CC(NC(=O)c1ccccc1)c1ccccc1)Nc1ccc(F)cc1F. The van der Waals surface area contributed by atoms with Gasteiger partial charge in [-0.1, -0.05) is 48.5 Å². The summed E-state index contributed by atoms with van der Waals surface area (Å²) in [7, 11) is 0. The lowest BCUT2D eigenvalue weighted by Crippen LogP contribution is -2.31. The van der Waals surface area contributed by atoms with Gasteiger partial charge in [0.25, 0.3) is 5.91 Å². The maximum atomic E-state index is 13.8. The largest absolute Gasteiger partial charge is 0.345 e. The van der Waals surface area contributed by atoms with Crippen LogP contribution < -0.4 is 10.6 Å². The van der Waals surface area contributed by atoms with Crippen molar-refractivity contribution in [1.82, 2.24) is 5.32 Å². The zero-order chi connectivity index (χ0) is 19.9. The Morgan fingerprint density at radius 1 is 0.857 bits per heavy atom. The molecule has 3 rings (SSSR count). The van der Waals surface area contributed by atoms with E-state index >= 15 is 0 Å². The summed E-state index contributed by atoms with van der Waals surface area (Å²) in [5, 5.41) is 5.26. The minimum absolute atomic E-state index is 0.112. The van der Waals surface area contributed by atoms with E-state index in [1.807, 2.05) is 6.07 Å². The van der Waals surface area contributed by atoms with Crippen molar-refractivity contribution in [2.75, 3.05) is 5.32 Å². The van der Waals surface area contributed by atoms with Gasteiger partial charge in [0.15, 0.2) is 0 Å². The van der Waals surface area contributed by atoms with Crippen LogP contribution in [0.5, 0.6) is 0 Å². The Hall–Kier alpha value is -3.54. The highest BCUT2D eigenvalue weighted by atomic mass is 19.1. The van der Waals surface area contributed by atoms with Gasteiger partial charge in [-0.15, -0.1) is 0 Å². The molecule has 0 radical (unpaired) electrons. The van der Waals surface area contributed by atoms with E-state index < -0.39 is 23.6 Å². The van der Waals surface area contributed by atoms with Crippen molar-refractivity contribution in [3.05, 3.63) is 102 Å². The zero-order valence-corrected chi connectivity index (χ0v) is 14.9. The Morgan fingerprint density at radius 2 is 1.50 bits per heavy atom. The normalized spacial score (nSPS) is 11.5. The summed E-state index contributed by atoms with van der Waals surface area (Å²) in [6, 6.07) is 20.0. The Morgan fingerprint density at radius 3 is 2.14 bits per heavy atom. The van der Waals surface area contributed by atoms with Gasteiger partial charge in [-0.2, -0.15) is 0 Å². The van der Waals surface area contributed by atoms with E-state index in [0.29, 0.717) is 11.6 Å². The second-order valence-corrected chi connectivity index (χ2v) is 6.18. The Labute approximate surface area is 161 Å². The predicted molar refractivity (Wildman–Crippen MR) is 103 cm³/mol. The number of carbonyl (C=O) groups is 2. The molecule has 0 aliphatic heterocycles. The van der Waals surface area contributed by atoms with Gasteiger partial charge < -0.3 is 10.6 Å². The molecule has 3 aromatic carbocycles. The molecule has 142 valence electrons. The van der Waals surface area contributed by atoms with Crippen LogP contribution in [0.3, 0.4) is 0 Å². The van der Waals surface area contributed by atoms with Crippen LogP contribution in [0.25, 0.3) is 0 Å². The lowest BCUT2D eigenvalue weighted by Gasteiger charge is -2.19. The molecule has 0 bridgehead atoms. The smallest absolute Gasteiger partial charge is 0.251 e. The first-order valence-corrected chi connectivity index (χ1v) is 8.68. The molecule has 1 atom stereocenters. The Balaban J connectivity index is 1.75. The van der Waals surface area contributed by atoms with E-state index in [2.05, 4.69) is 10.6 Å². The summed E-state index contributed by atoms with van der Waals surface area (Å²) in [4.78, 5) is 24.9. The van der Waals surface area contributed by atoms with E-state index in [1.165, 1.54) is 0 Å². The van der Waals surface area contributed by atoms with Crippen molar-refractivity contribution in [3.63, 3.8) is 0 Å². The summed E-state index contributed by atoms with van der Waals surface area (Å²) >= 11 is 0. The second-order valence-electron chi connectivity index (χ2n) is 6.18. The molecule has 0 saturated heterocycles. The minimum Gasteiger partial charge on any atom is -0.345 e. The molecule has 28 heavy (non-hydrogen) atoms. The van der Waals surface area contributed by atoms with Crippen LogP contribution in [0, 0.1) is 11.6 Å². The van der Waals surface area contributed by atoms with Crippen molar-refractivity contribution in [3.8, 4) is 0 Å². The maximum Gasteiger partial charge on any atom is 0.251 e. The number of halogens is 2. The first-order chi connectivity index (χ1) is 13.5. The fraction of sp³-hybridized carbons (Fsp3) is 0.0909. The summed E-state index contributed by atoms with van der Waals surface area (Å²) in [6.45, 7) is 0. The Bertz CT molecular complexity index is 963. The number of nitrogens with one attached hydrogen (secondary N) is 2. The summed E-state index contributed by atoms with van der Waals surface area (Å²) < 4.78 is 26.8. The average molecular weight is 380 g/mol. The third kappa shape index (κ3) is 5.01. The topological polar surface area (TPSA) is 58.2 Å². The molecule has 0 aliphatic rings. The molecule has 2 N–H and O–H groups in total. The van der Waals surface area contributed by atoms with Crippen LogP contribution >= 0.6 is 0 Å². The van der Waals surface area contributed by atoms with Crippen LogP contribution in [-0.2, 0) is 4.79 Å². The molecular formula is C22H18F2N2O2. The molecule has 6 heteroatoms. The fourth-order valence-corrected chi connectivity index (χ4v) is 2.75. The van der Waals surface area contributed by atoms with Gasteiger partial charge in [0.1, 0.15) is 11.6 Å². The van der Waals surface area contributed by atoms with Crippen molar-refractivity contribution in [2.24, 2.45) is 0 Å². The maximum absolute atomic E-state index is 13.8. The molecule has 0 heterocycles. The number of amides is 2. The second kappa shape index (κ2) is 8.90.